The lowest BCUT2D eigenvalue weighted by molar-refractivity contribution is -0.120. The van der Waals surface area contributed by atoms with Crippen molar-refractivity contribution in [3.8, 4) is 11.8 Å². The van der Waals surface area contributed by atoms with Gasteiger partial charge < -0.3 is 19.5 Å². The number of hydrogen-bond acceptors (Lipinski definition) is 5. The van der Waals surface area contributed by atoms with Crippen LogP contribution in [0.15, 0.2) is 12.1 Å². The molecular formula is C22H30FN3O4. The second-order valence-electron chi connectivity index (χ2n) is 8.47. The quantitative estimate of drug-likeness (QED) is 0.709. The van der Waals surface area contributed by atoms with Crippen molar-refractivity contribution in [3.63, 3.8) is 0 Å². The monoisotopic (exact) mass is 419 g/mol. The minimum Gasteiger partial charge on any atom is -0.487 e. The van der Waals surface area contributed by atoms with Gasteiger partial charge in [-0.15, -0.1) is 0 Å². The van der Waals surface area contributed by atoms with Gasteiger partial charge in [0.15, 0.2) is 11.6 Å². The molecule has 1 aromatic heterocycles. The molecule has 0 aliphatic heterocycles. The van der Waals surface area contributed by atoms with Gasteiger partial charge in [0.2, 0.25) is 5.91 Å². The number of aromatic nitrogens is 2. The van der Waals surface area contributed by atoms with Crippen LogP contribution in [-0.4, -0.2) is 46.4 Å². The van der Waals surface area contributed by atoms with E-state index in [0.717, 1.165) is 38.5 Å². The summed E-state index contributed by atoms with van der Waals surface area (Å²) in [5.74, 6) is -0.145. The number of halogens is 1. The molecule has 1 N–H and O–H groups in total. The number of carbonyl (C=O) groups excluding carboxylic acids is 1. The summed E-state index contributed by atoms with van der Waals surface area (Å²) in [6.45, 7) is 3.94. The van der Waals surface area contributed by atoms with Crippen molar-refractivity contribution in [2.45, 2.75) is 76.7 Å². The summed E-state index contributed by atoms with van der Waals surface area (Å²) in [6.07, 6.45) is 5.76. The fraction of sp³-hybridized carbons (Fsp3) is 0.636. The molecule has 0 bridgehead atoms. The molecule has 2 saturated carbocycles. The van der Waals surface area contributed by atoms with Crippen LogP contribution in [0.25, 0.3) is 11.0 Å². The van der Waals surface area contributed by atoms with Crippen molar-refractivity contribution in [2.75, 3.05) is 6.61 Å². The molecule has 1 aromatic carbocycles. The number of hydrogen-bond donors (Lipinski definition) is 1. The highest BCUT2D eigenvalue weighted by atomic mass is 19.1. The molecule has 2 aromatic rings. The van der Waals surface area contributed by atoms with Crippen LogP contribution < -0.4 is 14.8 Å². The number of amides is 1. The van der Waals surface area contributed by atoms with Crippen LogP contribution in [0.1, 0.15) is 52.4 Å². The van der Waals surface area contributed by atoms with E-state index >= 15 is 0 Å². The summed E-state index contributed by atoms with van der Waals surface area (Å²) < 4.78 is 34.3. The molecule has 164 valence electrons. The Balaban J connectivity index is 1.33. The van der Waals surface area contributed by atoms with Gasteiger partial charge in [0, 0.05) is 20.0 Å². The summed E-state index contributed by atoms with van der Waals surface area (Å²) in [5.41, 5.74) is 0.976. The zero-order chi connectivity index (χ0) is 21.3. The molecule has 0 unspecified atom stereocenters. The van der Waals surface area contributed by atoms with Gasteiger partial charge in [0.05, 0.1) is 24.3 Å². The molecule has 30 heavy (non-hydrogen) atoms. The molecular weight excluding hydrogens is 389 g/mol. The molecule has 0 radical (unpaired) electrons. The second kappa shape index (κ2) is 8.79. The number of nitrogens with zero attached hydrogens (tertiary/aromatic N) is 2. The molecule has 7 nitrogen and oxygen atoms in total. The first-order valence-corrected chi connectivity index (χ1v) is 10.8. The van der Waals surface area contributed by atoms with Gasteiger partial charge in [-0.1, -0.05) is 0 Å². The van der Waals surface area contributed by atoms with Gasteiger partial charge in [0.1, 0.15) is 11.6 Å². The number of carbonyl (C=O) groups is 1. The molecule has 2 aliphatic rings. The van der Waals surface area contributed by atoms with Gasteiger partial charge in [-0.2, -0.15) is 4.98 Å². The molecule has 1 amide bonds. The highest BCUT2D eigenvalue weighted by Gasteiger charge is 2.28. The normalized spacial score (nSPS) is 22.7. The molecule has 1 atom stereocenters. The Hall–Kier alpha value is -2.35. The van der Waals surface area contributed by atoms with Crippen molar-refractivity contribution < 1.29 is 23.4 Å². The topological polar surface area (TPSA) is 74.6 Å². The van der Waals surface area contributed by atoms with Crippen molar-refractivity contribution in [3.05, 3.63) is 17.9 Å². The molecule has 0 saturated heterocycles. The summed E-state index contributed by atoms with van der Waals surface area (Å²) in [7, 11) is 1.77. The number of rotatable bonds is 8. The lowest BCUT2D eigenvalue weighted by atomic mass is 9.95. The maximum Gasteiger partial charge on any atom is 0.297 e. The van der Waals surface area contributed by atoms with E-state index < -0.39 is 0 Å². The number of ether oxygens (including phenoxy) is 3. The van der Waals surface area contributed by atoms with Crippen molar-refractivity contribution in [2.24, 2.45) is 7.05 Å². The summed E-state index contributed by atoms with van der Waals surface area (Å²) >= 11 is 0. The van der Waals surface area contributed by atoms with Gasteiger partial charge in [-0.25, -0.2) is 4.39 Å². The molecule has 8 heteroatoms. The SMILES string of the molecule is CC(=O)N[C@@H](C)COC1CCC(Oc2nc3ccc(OC4CC4)c(F)c3n2C)CC1. The van der Waals surface area contributed by atoms with Crippen molar-refractivity contribution in [1.29, 1.82) is 0 Å². The van der Waals surface area contributed by atoms with E-state index in [-0.39, 0.29) is 41.8 Å². The van der Waals surface area contributed by atoms with Gasteiger partial charge in [0.25, 0.3) is 6.01 Å². The van der Waals surface area contributed by atoms with E-state index in [2.05, 4.69) is 10.3 Å². The fourth-order valence-corrected chi connectivity index (χ4v) is 3.92. The Morgan fingerprint density at radius 3 is 2.47 bits per heavy atom. The number of fused-ring (bicyclic) bond motifs is 1. The molecule has 2 fully saturated rings. The van der Waals surface area contributed by atoms with E-state index in [4.69, 9.17) is 14.2 Å². The Morgan fingerprint density at radius 1 is 1.17 bits per heavy atom. The third kappa shape index (κ3) is 4.86. The fourth-order valence-electron chi connectivity index (χ4n) is 3.92. The molecule has 4 rings (SSSR count). The lowest BCUT2D eigenvalue weighted by Gasteiger charge is -2.29. The average molecular weight is 419 g/mol. The van der Waals surface area contributed by atoms with Crippen LogP contribution in [0.3, 0.4) is 0 Å². The first kappa shape index (κ1) is 20.9. The first-order valence-electron chi connectivity index (χ1n) is 10.8. The summed E-state index contributed by atoms with van der Waals surface area (Å²) in [6, 6.07) is 3.86. The van der Waals surface area contributed by atoms with E-state index in [1.165, 1.54) is 6.92 Å². The lowest BCUT2D eigenvalue weighted by Crippen LogP contribution is -2.37. The Morgan fingerprint density at radius 2 is 1.80 bits per heavy atom. The second-order valence-corrected chi connectivity index (χ2v) is 8.47. The van der Waals surface area contributed by atoms with E-state index in [1.807, 2.05) is 6.92 Å². The number of benzene rings is 1. The maximum absolute atomic E-state index is 14.9. The van der Waals surface area contributed by atoms with E-state index in [0.29, 0.717) is 23.7 Å². The van der Waals surface area contributed by atoms with Crippen LogP contribution in [0.2, 0.25) is 0 Å². The Kier molecular flexibility index (Phi) is 6.13. The van der Waals surface area contributed by atoms with E-state index in [9.17, 15) is 9.18 Å². The van der Waals surface area contributed by atoms with Crippen LogP contribution in [-0.2, 0) is 16.6 Å². The molecule has 1 heterocycles. The van der Waals surface area contributed by atoms with Gasteiger partial charge >= 0.3 is 0 Å². The largest absolute Gasteiger partial charge is 0.487 e. The number of aryl methyl sites for hydroxylation is 1. The highest BCUT2D eigenvalue weighted by Crippen LogP contribution is 2.34. The zero-order valence-corrected chi connectivity index (χ0v) is 17.8. The summed E-state index contributed by atoms with van der Waals surface area (Å²) in [4.78, 5) is 15.6. The highest BCUT2D eigenvalue weighted by molar-refractivity contribution is 5.79. The Labute approximate surface area is 175 Å². The predicted molar refractivity (Wildman–Crippen MR) is 110 cm³/mol. The van der Waals surface area contributed by atoms with Crippen LogP contribution in [0.5, 0.6) is 11.8 Å². The number of nitrogens with one attached hydrogen (secondary N) is 1. The van der Waals surface area contributed by atoms with Gasteiger partial charge in [-0.3, -0.25) is 9.36 Å². The summed E-state index contributed by atoms with van der Waals surface area (Å²) in [5, 5.41) is 2.83. The smallest absolute Gasteiger partial charge is 0.297 e. The third-order valence-electron chi connectivity index (χ3n) is 5.64. The predicted octanol–water partition coefficient (Wildman–Crippen LogP) is 3.48. The third-order valence-corrected chi connectivity index (χ3v) is 5.64. The average Bonchev–Trinajstić information content (AvgIpc) is 3.46. The van der Waals surface area contributed by atoms with Gasteiger partial charge in [-0.05, 0) is 57.6 Å². The maximum atomic E-state index is 14.9. The van der Waals surface area contributed by atoms with E-state index in [1.54, 1.807) is 23.7 Å². The van der Waals surface area contributed by atoms with Crippen LogP contribution >= 0.6 is 0 Å². The minimum atomic E-state index is -0.380. The Bertz CT molecular complexity index is 903. The number of imidazole rings is 1. The zero-order valence-electron chi connectivity index (χ0n) is 17.8. The van der Waals surface area contributed by atoms with Crippen molar-refractivity contribution in [1.82, 2.24) is 14.9 Å². The van der Waals surface area contributed by atoms with Crippen LogP contribution in [0.4, 0.5) is 4.39 Å². The first-order chi connectivity index (χ1) is 14.4. The standard InChI is InChI=1S/C22H30FN3O4/c1-13(24-14(2)27)12-28-15-4-6-17(7-5-15)30-22-25-18-10-11-19(29-16-8-9-16)20(23)21(18)26(22)3/h10-11,13,15-17H,4-9,12H2,1-3H3,(H,24,27)/t13-,15?,17?/m0/s1. The van der Waals surface area contributed by atoms with Crippen LogP contribution in [0, 0.1) is 5.82 Å². The molecule has 2 aliphatic carbocycles. The molecule has 0 spiro atoms. The van der Waals surface area contributed by atoms with Crippen molar-refractivity contribution >= 4 is 16.9 Å². The minimum absolute atomic E-state index is 0.000142.